The molecular weight excluding hydrogens is 531 g/mol. The van der Waals surface area contributed by atoms with Gasteiger partial charge in [-0.2, -0.15) is 0 Å². The van der Waals surface area contributed by atoms with Crippen molar-refractivity contribution in [1.82, 2.24) is 4.31 Å². The Morgan fingerprint density at radius 2 is 1.71 bits per heavy atom. The van der Waals surface area contributed by atoms with E-state index in [0.29, 0.717) is 57.2 Å². The summed E-state index contributed by atoms with van der Waals surface area (Å²) in [6.07, 6.45) is 1.13. The van der Waals surface area contributed by atoms with Gasteiger partial charge in [-0.3, -0.25) is 4.79 Å². The van der Waals surface area contributed by atoms with Crippen LogP contribution in [-0.2, 0) is 20.6 Å². The molecule has 1 aliphatic heterocycles. The van der Waals surface area contributed by atoms with Gasteiger partial charge in [0.1, 0.15) is 5.75 Å². The molecule has 6 nitrogen and oxygen atoms in total. The third-order valence-electron chi connectivity index (χ3n) is 5.67. The van der Waals surface area contributed by atoms with Crippen LogP contribution in [0, 0.1) is 5.92 Å². The van der Waals surface area contributed by atoms with Crippen molar-refractivity contribution < 1.29 is 17.9 Å². The molecule has 35 heavy (non-hydrogen) atoms. The van der Waals surface area contributed by atoms with Crippen LogP contribution < -0.4 is 10.1 Å². The normalized spacial score (nSPS) is 16.6. The second-order valence-electron chi connectivity index (χ2n) is 8.23. The highest BCUT2D eigenvalue weighted by atomic mass is 35.5. The minimum absolute atomic E-state index is 0.0782. The van der Waals surface area contributed by atoms with Gasteiger partial charge in [0.15, 0.2) is 5.75 Å². The Bertz CT molecular complexity index is 1320. The third-order valence-corrected chi connectivity index (χ3v) is 8.29. The van der Waals surface area contributed by atoms with Crippen LogP contribution in [0.4, 0.5) is 5.69 Å². The molecule has 1 unspecified atom stereocenters. The van der Waals surface area contributed by atoms with Gasteiger partial charge in [0.2, 0.25) is 15.9 Å². The predicted molar refractivity (Wildman–Crippen MR) is 140 cm³/mol. The molecule has 0 saturated carbocycles. The zero-order valence-corrected chi connectivity index (χ0v) is 21.7. The Kier molecular flexibility index (Phi) is 8.24. The molecule has 1 atom stereocenters. The highest BCUT2D eigenvalue weighted by Crippen LogP contribution is 2.33. The first kappa shape index (κ1) is 25.8. The molecule has 3 aromatic rings. The van der Waals surface area contributed by atoms with Gasteiger partial charge in [-0.05, 0) is 60.9 Å². The first-order valence-corrected chi connectivity index (χ1v) is 13.7. The maximum atomic E-state index is 13.1. The monoisotopic (exact) mass is 552 g/mol. The van der Waals surface area contributed by atoms with Crippen LogP contribution in [0.1, 0.15) is 18.4 Å². The van der Waals surface area contributed by atoms with Crippen molar-refractivity contribution >= 4 is 56.4 Å². The number of rotatable bonds is 7. The summed E-state index contributed by atoms with van der Waals surface area (Å²) in [5.74, 6) is -0.0362. The van der Waals surface area contributed by atoms with Gasteiger partial charge in [-0.1, -0.05) is 59.1 Å². The number of halogens is 3. The first-order valence-electron chi connectivity index (χ1n) is 11.0. The molecule has 184 valence electrons. The molecule has 1 N–H and O–H groups in total. The van der Waals surface area contributed by atoms with Crippen molar-refractivity contribution in [2.75, 3.05) is 18.4 Å². The van der Waals surface area contributed by atoms with E-state index in [2.05, 4.69) is 5.32 Å². The standard InChI is InChI=1S/C25H23Cl3N2O4S/c26-19-9-8-18(22(28)13-19)16-35(32,33)30-12-4-5-17(15-30)25(31)29-23-14-20(27)10-11-24(23)34-21-6-2-1-3-7-21/h1-3,6-11,13-14,17H,4-5,12,15-16H2,(H,29,31). The van der Waals surface area contributed by atoms with Crippen LogP contribution in [0.5, 0.6) is 11.5 Å². The number of piperidine rings is 1. The third kappa shape index (κ3) is 6.68. The number of nitrogens with one attached hydrogen (secondary N) is 1. The Morgan fingerprint density at radius 1 is 1.00 bits per heavy atom. The van der Waals surface area contributed by atoms with E-state index in [1.54, 1.807) is 42.5 Å². The number of amides is 1. The average molecular weight is 554 g/mol. The molecule has 10 heteroatoms. The lowest BCUT2D eigenvalue weighted by Crippen LogP contribution is -2.44. The van der Waals surface area contributed by atoms with Crippen LogP contribution >= 0.6 is 34.8 Å². The number of para-hydroxylation sites is 1. The van der Waals surface area contributed by atoms with Gasteiger partial charge < -0.3 is 10.1 Å². The van der Waals surface area contributed by atoms with E-state index < -0.39 is 15.9 Å². The number of benzene rings is 3. The summed E-state index contributed by atoms with van der Waals surface area (Å²) in [5, 5.41) is 4.03. The van der Waals surface area contributed by atoms with E-state index >= 15 is 0 Å². The van der Waals surface area contributed by atoms with E-state index in [-0.39, 0.29) is 18.2 Å². The van der Waals surface area contributed by atoms with E-state index in [9.17, 15) is 13.2 Å². The fourth-order valence-corrected chi connectivity index (χ4v) is 6.24. The van der Waals surface area contributed by atoms with Crippen LogP contribution in [-0.4, -0.2) is 31.7 Å². The van der Waals surface area contributed by atoms with Crippen molar-refractivity contribution in [3.05, 3.63) is 87.4 Å². The van der Waals surface area contributed by atoms with Crippen molar-refractivity contribution in [2.24, 2.45) is 5.92 Å². The molecule has 1 saturated heterocycles. The number of ether oxygens (including phenoxy) is 1. The topological polar surface area (TPSA) is 75.7 Å². The predicted octanol–water partition coefficient (Wildman–Crippen LogP) is 6.62. The zero-order chi connectivity index (χ0) is 25.0. The highest BCUT2D eigenvalue weighted by Gasteiger charge is 2.33. The lowest BCUT2D eigenvalue weighted by atomic mass is 9.98. The molecule has 1 heterocycles. The lowest BCUT2D eigenvalue weighted by Gasteiger charge is -2.31. The zero-order valence-electron chi connectivity index (χ0n) is 18.6. The number of carbonyl (C=O) groups excluding carboxylic acids is 1. The van der Waals surface area contributed by atoms with Crippen LogP contribution in [0.2, 0.25) is 15.1 Å². The number of sulfonamides is 1. The molecule has 0 spiro atoms. The molecule has 0 aromatic heterocycles. The highest BCUT2D eigenvalue weighted by molar-refractivity contribution is 7.88. The SMILES string of the molecule is O=C(Nc1cc(Cl)ccc1Oc1ccccc1)C1CCCN(S(=O)(=O)Cc2ccc(Cl)cc2Cl)C1. The fraction of sp³-hybridized carbons (Fsp3) is 0.240. The molecule has 1 aliphatic rings. The number of hydrogen-bond donors (Lipinski definition) is 1. The van der Waals surface area contributed by atoms with Crippen molar-refractivity contribution in [3.63, 3.8) is 0 Å². The average Bonchev–Trinajstić information content (AvgIpc) is 2.83. The summed E-state index contributed by atoms with van der Waals surface area (Å²) >= 11 is 18.3. The Balaban J connectivity index is 1.46. The molecule has 3 aromatic carbocycles. The quantitative estimate of drug-likeness (QED) is 0.357. The molecule has 0 radical (unpaired) electrons. The number of hydrogen-bond acceptors (Lipinski definition) is 4. The summed E-state index contributed by atoms with van der Waals surface area (Å²) in [5.41, 5.74) is 0.878. The maximum Gasteiger partial charge on any atom is 0.228 e. The largest absolute Gasteiger partial charge is 0.455 e. The van der Waals surface area contributed by atoms with E-state index in [0.717, 1.165) is 0 Å². The second kappa shape index (κ2) is 11.2. The Morgan fingerprint density at radius 3 is 2.46 bits per heavy atom. The summed E-state index contributed by atoms with van der Waals surface area (Å²) in [4.78, 5) is 13.1. The lowest BCUT2D eigenvalue weighted by molar-refractivity contribution is -0.120. The fourth-order valence-electron chi connectivity index (χ4n) is 3.87. The summed E-state index contributed by atoms with van der Waals surface area (Å²) in [7, 11) is -3.69. The van der Waals surface area contributed by atoms with E-state index in [1.807, 2.05) is 18.2 Å². The smallest absolute Gasteiger partial charge is 0.228 e. The van der Waals surface area contributed by atoms with Crippen LogP contribution in [0.3, 0.4) is 0 Å². The minimum atomic E-state index is -3.69. The molecule has 0 aliphatic carbocycles. The summed E-state index contributed by atoms with van der Waals surface area (Å²) < 4.78 is 33.4. The van der Waals surface area contributed by atoms with Crippen LogP contribution in [0.15, 0.2) is 66.7 Å². The van der Waals surface area contributed by atoms with Gasteiger partial charge in [-0.25, -0.2) is 12.7 Å². The van der Waals surface area contributed by atoms with Gasteiger partial charge in [0.25, 0.3) is 0 Å². The molecule has 1 amide bonds. The Labute approximate surface area is 219 Å². The molecular formula is C25H23Cl3N2O4S. The molecule has 0 bridgehead atoms. The van der Waals surface area contributed by atoms with Gasteiger partial charge in [0.05, 0.1) is 17.4 Å². The molecule has 4 rings (SSSR count). The van der Waals surface area contributed by atoms with Gasteiger partial charge in [0, 0.05) is 28.2 Å². The molecule has 1 fully saturated rings. The van der Waals surface area contributed by atoms with Crippen LogP contribution in [0.25, 0.3) is 0 Å². The number of carbonyl (C=O) groups is 1. The minimum Gasteiger partial charge on any atom is -0.455 e. The Hall–Kier alpha value is -2.29. The number of nitrogens with zero attached hydrogens (tertiary/aromatic N) is 1. The van der Waals surface area contributed by atoms with Gasteiger partial charge in [-0.15, -0.1) is 0 Å². The summed E-state index contributed by atoms with van der Waals surface area (Å²) in [6.45, 7) is 0.422. The van der Waals surface area contributed by atoms with E-state index in [1.165, 1.54) is 10.4 Å². The van der Waals surface area contributed by atoms with Gasteiger partial charge >= 0.3 is 0 Å². The maximum absolute atomic E-state index is 13.1. The first-order chi connectivity index (χ1) is 16.7. The summed E-state index contributed by atoms with van der Waals surface area (Å²) in [6, 6.07) is 18.8. The van der Waals surface area contributed by atoms with E-state index in [4.69, 9.17) is 39.5 Å². The van der Waals surface area contributed by atoms with Crippen molar-refractivity contribution in [3.8, 4) is 11.5 Å². The number of anilines is 1. The van der Waals surface area contributed by atoms with Crippen molar-refractivity contribution in [1.29, 1.82) is 0 Å². The van der Waals surface area contributed by atoms with Crippen molar-refractivity contribution in [2.45, 2.75) is 18.6 Å². The second-order valence-corrected chi connectivity index (χ2v) is 11.5.